The Morgan fingerprint density at radius 3 is 2.46 bits per heavy atom. The van der Waals surface area contributed by atoms with Gasteiger partial charge in [-0.15, -0.1) is 0 Å². The third-order valence-corrected chi connectivity index (χ3v) is 5.52. The molecule has 0 amide bonds. The van der Waals surface area contributed by atoms with Gasteiger partial charge in [0.1, 0.15) is 0 Å². The summed E-state index contributed by atoms with van der Waals surface area (Å²) in [6.07, 6.45) is 3.56. The van der Waals surface area contributed by atoms with Gasteiger partial charge in [-0.3, -0.25) is 0 Å². The van der Waals surface area contributed by atoms with Crippen molar-refractivity contribution in [3.63, 3.8) is 0 Å². The fourth-order valence-corrected chi connectivity index (χ4v) is 3.61. The number of benzene rings is 2. The Bertz CT molecular complexity index is 712. The minimum atomic E-state index is 0.259. The number of anilines is 1. The van der Waals surface area contributed by atoms with Gasteiger partial charge in [0.15, 0.2) is 5.11 Å². The molecule has 0 saturated carbocycles. The van der Waals surface area contributed by atoms with Crippen LogP contribution in [0.3, 0.4) is 0 Å². The molecule has 1 unspecified atom stereocenters. The number of thiocarbonyl (C=S) groups is 1. The van der Waals surface area contributed by atoms with Crippen LogP contribution in [-0.4, -0.2) is 29.3 Å². The van der Waals surface area contributed by atoms with Crippen LogP contribution in [0.15, 0.2) is 53.0 Å². The normalized spacial score (nSPS) is 16.5. The number of nitrogens with one attached hydrogen (secondary N) is 1. The highest BCUT2D eigenvalue weighted by molar-refractivity contribution is 9.10. The average molecular weight is 433 g/mol. The number of nitrogens with zero attached hydrogens (tertiary/aromatic N) is 1. The van der Waals surface area contributed by atoms with Crippen molar-refractivity contribution in [3.05, 3.63) is 64.1 Å². The van der Waals surface area contributed by atoms with E-state index in [0.29, 0.717) is 0 Å². The highest BCUT2D eigenvalue weighted by Crippen LogP contribution is 2.18. The van der Waals surface area contributed by atoms with Crippen molar-refractivity contribution in [1.82, 2.24) is 4.90 Å². The molecule has 138 valence electrons. The Balaban J connectivity index is 1.70. The summed E-state index contributed by atoms with van der Waals surface area (Å²) in [5.74, 6) is 0. The molecule has 0 aromatic heterocycles. The van der Waals surface area contributed by atoms with Crippen molar-refractivity contribution >= 4 is 38.9 Å². The number of rotatable bonds is 6. The lowest BCUT2D eigenvalue weighted by molar-refractivity contribution is 0.0905. The second-order valence-corrected chi connectivity index (χ2v) is 7.93. The Kier molecular flexibility index (Phi) is 7.06. The Morgan fingerprint density at radius 2 is 1.85 bits per heavy atom. The van der Waals surface area contributed by atoms with Crippen LogP contribution in [0.4, 0.5) is 5.69 Å². The SMILES string of the molecule is CCc1ccc(CN(CC2CCCO2)C(=S)Nc2ccc(Br)cc2)cc1. The van der Waals surface area contributed by atoms with Gasteiger partial charge in [0.2, 0.25) is 0 Å². The summed E-state index contributed by atoms with van der Waals surface area (Å²) in [7, 11) is 0. The lowest BCUT2D eigenvalue weighted by Gasteiger charge is -2.28. The van der Waals surface area contributed by atoms with Gasteiger partial charge in [0.05, 0.1) is 6.10 Å². The molecule has 1 saturated heterocycles. The molecule has 0 spiro atoms. The van der Waals surface area contributed by atoms with Gasteiger partial charge in [-0.2, -0.15) is 0 Å². The lowest BCUT2D eigenvalue weighted by Crippen LogP contribution is -2.39. The van der Waals surface area contributed by atoms with E-state index in [1.807, 2.05) is 24.3 Å². The third kappa shape index (κ3) is 5.53. The molecule has 2 aromatic carbocycles. The molecule has 5 heteroatoms. The van der Waals surface area contributed by atoms with Crippen LogP contribution in [-0.2, 0) is 17.7 Å². The van der Waals surface area contributed by atoms with Crippen molar-refractivity contribution in [2.75, 3.05) is 18.5 Å². The van der Waals surface area contributed by atoms with Crippen LogP contribution in [0.25, 0.3) is 0 Å². The van der Waals surface area contributed by atoms with Crippen LogP contribution in [0, 0.1) is 0 Å². The summed E-state index contributed by atoms with van der Waals surface area (Å²) in [5.41, 5.74) is 3.62. The number of halogens is 1. The molecule has 2 aromatic rings. The van der Waals surface area contributed by atoms with E-state index in [1.54, 1.807) is 0 Å². The Hall–Kier alpha value is -1.43. The van der Waals surface area contributed by atoms with Gasteiger partial charge in [0, 0.05) is 29.9 Å². The van der Waals surface area contributed by atoms with Crippen molar-refractivity contribution in [3.8, 4) is 0 Å². The van der Waals surface area contributed by atoms with Crippen molar-refractivity contribution in [2.45, 2.75) is 38.8 Å². The summed E-state index contributed by atoms with van der Waals surface area (Å²) in [5, 5.41) is 4.11. The smallest absolute Gasteiger partial charge is 0.173 e. The minimum absolute atomic E-state index is 0.259. The fourth-order valence-electron chi connectivity index (χ4n) is 3.09. The molecule has 1 aliphatic rings. The van der Waals surface area contributed by atoms with E-state index >= 15 is 0 Å². The largest absolute Gasteiger partial charge is 0.376 e. The van der Waals surface area contributed by atoms with E-state index < -0.39 is 0 Å². The Labute approximate surface area is 169 Å². The molecule has 1 aliphatic heterocycles. The van der Waals surface area contributed by atoms with E-state index in [2.05, 4.69) is 57.3 Å². The summed E-state index contributed by atoms with van der Waals surface area (Å²) in [6, 6.07) is 16.9. The summed E-state index contributed by atoms with van der Waals surface area (Å²) >= 11 is 9.19. The average Bonchev–Trinajstić information content (AvgIpc) is 3.17. The van der Waals surface area contributed by atoms with Crippen LogP contribution in [0.1, 0.15) is 30.9 Å². The fraction of sp³-hybridized carbons (Fsp3) is 0.381. The van der Waals surface area contributed by atoms with Crippen molar-refractivity contribution in [1.29, 1.82) is 0 Å². The van der Waals surface area contributed by atoms with Gasteiger partial charge >= 0.3 is 0 Å². The minimum Gasteiger partial charge on any atom is -0.376 e. The predicted octanol–water partition coefficient (Wildman–Crippen LogP) is 5.39. The van der Waals surface area contributed by atoms with E-state index in [-0.39, 0.29) is 6.10 Å². The first-order chi connectivity index (χ1) is 12.6. The molecule has 0 radical (unpaired) electrons. The maximum absolute atomic E-state index is 5.84. The number of hydrogen-bond acceptors (Lipinski definition) is 2. The van der Waals surface area contributed by atoms with Crippen LogP contribution >= 0.6 is 28.1 Å². The molecular formula is C21H25BrN2OS. The summed E-state index contributed by atoms with van der Waals surface area (Å²) in [4.78, 5) is 2.22. The quantitative estimate of drug-likeness (QED) is 0.618. The van der Waals surface area contributed by atoms with Crippen LogP contribution in [0.5, 0.6) is 0 Å². The maximum Gasteiger partial charge on any atom is 0.173 e. The molecule has 1 heterocycles. The van der Waals surface area contributed by atoms with Crippen molar-refractivity contribution in [2.24, 2.45) is 0 Å². The number of aryl methyl sites for hydroxylation is 1. The van der Waals surface area contributed by atoms with E-state index in [4.69, 9.17) is 17.0 Å². The Morgan fingerprint density at radius 1 is 1.15 bits per heavy atom. The molecule has 26 heavy (non-hydrogen) atoms. The number of ether oxygens (including phenoxy) is 1. The van der Waals surface area contributed by atoms with Gasteiger partial charge in [-0.1, -0.05) is 47.1 Å². The zero-order valence-electron chi connectivity index (χ0n) is 15.1. The zero-order valence-corrected chi connectivity index (χ0v) is 17.5. The van der Waals surface area contributed by atoms with Gasteiger partial charge < -0.3 is 15.0 Å². The molecule has 1 N–H and O–H groups in total. The van der Waals surface area contributed by atoms with Gasteiger partial charge in [-0.25, -0.2) is 0 Å². The molecule has 0 aliphatic carbocycles. The van der Waals surface area contributed by atoms with E-state index in [1.165, 1.54) is 11.1 Å². The standard InChI is InChI=1S/C21H25BrN2OS/c1-2-16-5-7-17(8-6-16)14-24(15-20-4-3-13-25-20)21(26)23-19-11-9-18(22)10-12-19/h5-12,20H,2-4,13-15H2,1H3,(H,23,26). The molecule has 0 bridgehead atoms. The second-order valence-electron chi connectivity index (χ2n) is 6.62. The van der Waals surface area contributed by atoms with Crippen LogP contribution in [0.2, 0.25) is 0 Å². The molecule has 1 atom stereocenters. The van der Waals surface area contributed by atoms with Crippen molar-refractivity contribution < 1.29 is 4.74 Å². The van der Waals surface area contributed by atoms with Crippen LogP contribution < -0.4 is 5.32 Å². The maximum atomic E-state index is 5.84. The monoisotopic (exact) mass is 432 g/mol. The first-order valence-electron chi connectivity index (χ1n) is 9.15. The molecular weight excluding hydrogens is 408 g/mol. The predicted molar refractivity (Wildman–Crippen MR) is 116 cm³/mol. The van der Waals surface area contributed by atoms with Gasteiger partial charge in [0.25, 0.3) is 0 Å². The molecule has 3 nitrogen and oxygen atoms in total. The summed E-state index contributed by atoms with van der Waals surface area (Å²) < 4.78 is 6.90. The first-order valence-corrected chi connectivity index (χ1v) is 10.3. The number of hydrogen-bond donors (Lipinski definition) is 1. The highest BCUT2D eigenvalue weighted by Gasteiger charge is 2.21. The van der Waals surface area contributed by atoms with E-state index in [9.17, 15) is 0 Å². The topological polar surface area (TPSA) is 24.5 Å². The third-order valence-electron chi connectivity index (χ3n) is 4.64. The molecule has 1 fully saturated rings. The molecule has 3 rings (SSSR count). The first kappa shape index (κ1) is 19.3. The highest BCUT2D eigenvalue weighted by atomic mass is 79.9. The summed E-state index contributed by atoms with van der Waals surface area (Å²) in [6.45, 7) is 4.64. The van der Waals surface area contributed by atoms with Gasteiger partial charge in [-0.05, 0) is 66.9 Å². The lowest BCUT2D eigenvalue weighted by atomic mass is 10.1. The van der Waals surface area contributed by atoms with E-state index in [0.717, 1.165) is 54.2 Å². The zero-order chi connectivity index (χ0) is 18.4. The second kappa shape index (κ2) is 9.49.